The molecule has 100 valence electrons. The Morgan fingerprint density at radius 3 is 2.68 bits per heavy atom. The maximum atomic E-state index is 9.20. The molecule has 0 amide bonds. The number of anilines is 1. The van der Waals surface area contributed by atoms with Crippen LogP contribution in [0, 0.1) is 0 Å². The molecule has 0 aliphatic rings. The van der Waals surface area contributed by atoms with E-state index >= 15 is 0 Å². The number of halogens is 1. The number of nitrogens with one attached hydrogen (secondary N) is 1. The molecule has 0 bridgehead atoms. The molecule has 0 saturated heterocycles. The standard InChI is InChI=1S/C13H14ClN3O2/c1-19-11-12(14)16-8-17-13(11)15-7-6-9-2-4-10(18)5-3-9/h2-5,8,18H,6-7H2,1H3,(H,15,16,17). The van der Waals surface area contributed by atoms with Crippen LogP contribution in [-0.2, 0) is 6.42 Å². The number of aromatic hydroxyl groups is 1. The van der Waals surface area contributed by atoms with Gasteiger partial charge in [0.2, 0.25) is 0 Å². The summed E-state index contributed by atoms with van der Waals surface area (Å²) in [6, 6.07) is 7.08. The lowest BCUT2D eigenvalue weighted by molar-refractivity contribution is 0.413. The fraction of sp³-hybridized carbons (Fsp3) is 0.231. The van der Waals surface area contributed by atoms with Gasteiger partial charge in [-0.1, -0.05) is 23.7 Å². The zero-order chi connectivity index (χ0) is 13.7. The summed E-state index contributed by atoms with van der Waals surface area (Å²) in [5.74, 6) is 1.28. The minimum atomic E-state index is 0.265. The van der Waals surface area contributed by atoms with E-state index in [-0.39, 0.29) is 10.9 Å². The number of hydrogen-bond donors (Lipinski definition) is 2. The van der Waals surface area contributed by atoms with E-state index in [4.69, 9.17) is 16.3 Å². The summed E-state index contributed by atoms with van der Waals surface area (Å²) < 4.78 is 5.14. The van der Waals surface area contributed by atoms with Crippen LogP contribution < -0.4 is 10.1 Å². The molecular formula is C13H14ClN3O2. The van der Waals surface area contributed by atoms with Gasteiger partial charge in [-0.05, 0) is 24.1 Å². The topological polar surface area (TPSA) is 67.3 Å². The monoisotopic (exact) mass is 279 g/mol. The van der Waals surface area contributed by atoms with Gasteiger partial charge in [0.1, 0.15) is 12.1 Å². The van der Waals surface area contributed by atoms with Crippen LogP contribution in [0.5, 0.6) is 11.5 Å². The molecule has 0 aliphatic carbocycles. The van der Waals surface area contributed by atoms with E-state index in [0.717, 1.165) is 12.0 Å². The van der Waals surface area contributed by atoms with Crippen molar-refractivity contribution in [2.24, 2.45) is 0 Å². The third kappa shape index (κ3) is 3.48. The zero-order valence-corrected chi connectivity index (χ0v) is 11.2. The van der Waals surface area contributed by atoms with Gasteiger partial charge in [0, 0.05) is 6.54 Å². The van der Waals surface area contributed by atoms with Gasteiger partial charge in [-0.25, -0.2) is 9.97 Å². The molecule has 2 aromatic rings. The third-order valence-corrected chi connectivity index (χ3v) is 2.88. The number of methoxy groups -OCH3 is 1. The quantitative estimate of drug-likeness (QED) is 0.823. The van der Waals surface area contributed by atoms with Gasteiger partial charge in [0.25, 0.3) is 0 Å². The second kappa shape index (κ2) is 6.24. The number of hydrogen-bond acceptors (Lipinski definition) is 5. The Morgan fingerprint density at radius 1 is 1.26 bits per heavy atom. The molecule has 0 aliphatic heterocycles. The van der Waals surface area contributed by atoms with Crippen LogP contribution in [0.1, 0.15) is 5.56 Å². The van der Waals surface area contributed by atoms with E-state index in [1.807, 2.05) is 12.1 Å². The molecule has 0 unspecified atom stereocenters. The van der Waals surface area contributed by atoms with Crippen LogP contribution in [0.3, 0.4) is 0 Å². The summed E-state index contributed by atoms with van der Waals surface area (Å²) >= 11 is 5.90. The highest BCUT2D eigenvalue weighted by Crippen LogP contribution is 2.28. The Hall–Kier alpha value is -2.01. The van der Waals surface area contributed by atoms with E-state index in [2.05, 4.69) is 15.3 Å². The Kier molecular flexibility index (Phi) is 4.41. The van der Waals surface area contributed by atoms with Crippen molar-refractivity contribution in [2.75, 3.05) is 19.0 Å². The lowest BCUT2D eigenvalue weighted by Gasteiger charge is -2.10. The number of phenols is 1. The minimum absolute atomic E-state index is 0.265. The van der Waals surface area contributed by atoms with E-state index in [1.165, 1.54) is 13.4 Å². The predicted octanol–water partition coefficient (Wildman–Crippen LogP) is 2.50. The largest absolute Gasteiger partial charge is 0.508 e. The summed E-state index contributed by atoms with van der Waals surface area (Å²) in [7, 11) is 1.52. The van der Waals surface area contributed by atoms with E-state index in [0.29, 0.717) is 18.1 Å². The maximum Gasteiger partial charge on any atom is 0.198 e. The van der Waals surface area contributed by atoms with E-state index in [1.54, 1.807) is 12.1 Å². The normalized spacial score (nSPS) is 10.2. The van der Waals surface area contributed by atoms with Crippen molar-refractivity contribution in [2.45, 2.75) is 6.42 Å². The van der Waals surface area contributed by atoms with Gasteiger partial charge in [-0.2, -0.15) is 0 Å². The summed E-state index contributed by atoms with van der Waals surface area (Å²) in [4.78, 5) is 7.93. The molecule has 6 heteroatoms. The summed E-state index contributed by atoms with van der Waals surface area (Å²) in [5, 5.41) is 12.6. The summed E-state index contributed by atoms with van der Waals surface area (Å²) in [6.45, 7) is 0.675. The van der Waals surface area contributed by atoms with Crippen LogP contribution in [0.2, 0.25) is 5.15 Å². The molecule has 2 rings (SSSR count). The number of benzene rings is 1. The average Bonchev–Trinajstić information content (AvgIpc) is 2.41. The SMILES string of the molecule is COc1c(Cl)ncnc1NCCc1ccc(O)cc1. The smallest absolute Gasteiger partial charge is 0.198 e. The molecule has 1 heterocycles. The van der Waals surface area contributed by atoms with Crippen molar-refractivity contribution in [3.8, 4) is 11.5 Å². The minimum Gasteiger partial charge on any atom is -0.508 e. The number of ether oxygens (including phenoxy) is 1. The summed E-state index contributed by atoms with van der Waals surface area (Å²) in [5.41, 5.74) is 1.12. The highest BCUT2D eigenvalue weighted by atomic mass is 35.5. The lowest BCUT2D eigenvalue weighted by atomic mass is 10.1. The molecule has 1 aromatic heterocycles. The van der Waals surface area contributed by atoms with Crippen molar-refractivity contribution < 1.29 is 9.84 Å². The van der Waals surface area contributed by atoms with Gasteiger partial charge in [-0.3, -0.25) is 0 Å². The van der Waals surface area contributed by atoms with Crippen molar-refractivity contribution in [1.82, 2.24) is 9.97 Å². The van der Waals surface area contributed by atoms with E-state index < -0.39 is 0 Å². The van der Waals surface area contributed by atoms with Gasteiger partial charge in [-0.15, -0.1) is 0 Å². The Balaban J connectivity index is 1.96. The molecule has 0 fully saturated rings. The molecule has 5 nitrogen and oxygen atoms in total. The molecule has 0 saturated carbocycles. The zero-order valence-electron chi connectivity index (χ0n) is 10.4. The van der Waals surface area contributed by atoms with Crippen molar-refractivity contribution >= 4 is 17.4 Å². The third-order valence-electron chi connectivity index (χ3n) is 2.61. The number of phenolic OH excluding ortho intramolecular Hbond substituents is 1. The van der Waals surface area contributed by atoms with Crippen molar-refractivity contribution in [1.29, 1.82) is 0 Å². The van der Waals surface area contributed by atoms with Crippen LogP contribution in [-0.4, -0.2) is 28.7 Å². The first-order valence-electron chi connectivity index (χ1n) is 5.77. The van der Waals surface area contributed by atoms with Crippen molar-refractivity contribution in [3.05, 3.63) is 41.3 Å². The Bertz CT molecular complexity index is 546. The average molecular weight is 280 g/mol. The molecule has 2 N–H and O–H groups in total. The Labute approximate surface area is 116 Å². The van der Waals surface area contributed by atoms with Gasteiger partial charge in [0.05, 0.1) is 7.11 Å². The molecule has 0 radical (unpaired) electrons. The van der Waals surface area contributed by atoms with Crippen molar-refractivity contribution in [3.63, 3.8) is 0 Å². The Morgan fingerprint density at radius 2 is 2.00 bits per heavy atom. The van der Waals surface area contributed by atoms with Crippen LogP contribution in [0.15, 0.2) is 30.6 Å². The second-order valence-corrected chi connectivity index (χ2v) is 4.25. The van der Waals surface area contributed by atoms with Crippen LogP contribution >= 0.6 is 11.6 Å². The first-order valence-corrected chi connectivity index (χ1v) is 6.15. The highest BCUT2D eigenvalue weighted by Gasteiger charge is 2.09. The molecule has 1 aromatic carbocycles. The maximum absolute atomic E-state index is 9.20. The van der Waals surface area contributed by atoms with E-state index in [9.17, 15) is 5.11 Å². The molecular weight excluding hydrogens is 266 g/mol. The highest BCUT2D eigenvalue weighted by molar-refractivity contribution is 6.31. The molecule has 0 atom stereocenters. The lowest BCUT2D eigenvalue weighted by Crippen LogP contribution is -2.08. The number of aromatic nitrogens is 2. The number of nitrogens with zero attached hydrogens (tertiary/aromatic N) is 2. The predicted molar refractivity (Wildman–Crippen MR) is 73.9 cm³/mol. The van der Waals surface area contributed by atoms with Gasteiger partial charge >= 0.3 is 0 Å². The first kappa shape index (κ1) is 13.4. The fourth-order valence-electron chi connectivity index (χ4n) is 1.65. The second-order valence-electron chi connectivity index (χ2n) is 3.89. The summed E-state index contributed by atoms with van der Waals surface area (Å²) in [6.07, 6.45) is 2.18. The first-order chi connectivity index (χ1) is 9.20. The van der Waals surface area contributed by atoms with Crippen LogP contribution in [0.25, 0.3) is 0 Å². The van der Waals surface area contributed by atoms with Crippen LogP contribution in [0.4, 0.5) is 5.82 Å². The molecule has 0 spiro atoms. The van der Waals surface area contributed by atoms with Gasteiger partial charge < -0.3 is 15.2 Å². The fourth-order valence-corrected chi connectivity index (χ4v) is 1.86. The molecule has 19 heavy (non-hydrogen) atoms. The van der Waals surface area contributed by atoms with Gasteiger partial charge in [0.15, 0.2) is 16.7 Å². The number of rotatable bonds is 5.